The standard InChI is InChI=1S/C28H41N/c1-3-5-6-7-8-9-11-24-14-18-26(19-15-24)28-21-20-27(22-29-28)25-16-12-23(10-4-2)13-17-25/h12-13,16-17,20-22,24,26H,3-11,14-15,18-19H2,1-2H3. The lowest BCUT2D eigenvalue weighted by Gasteiger charge is -2.28. The number of pyridine rings is 1. The number of nitrogens with zero attached hydrogens (tertiary/aromatic N) is 1. The Hall–Kier alpha value is -1.63. The lowest BCUT2D eigenvalue weighted by molar-refractivity contribution is 0.299. The van der Waals surface area contributed by atoms with Crippen LogP contribution in [0.15, 0.2) is 42.6 Å². The molecule has 2 aromatic rings. The van der Waals surface area contributed by atoms with Crippen molar-refractivity contribution in [2.45, 2.75) is 103 Å². The zero-order chi connectivity index (χ0) is 20.3. The summed E-state index contributed by atoms with van der Waals surface area (Å²) in [7, 11) is 0. The van der Waals surface area contributed by atoms with Gasteiger partial charge in [-0.1, -0.05) is 95.5 Å². The van der Waals surface area contributed by atoms with Crippen molar-refractivity contribution < 1.29 is 0 Å². The minimum Gasteiger partial charge on any atom is -0.260 e. The van der Waals surface area contributed by atoms with Crippen LogP contribution in [0.3, 0.4) is 0 Å². The molecule has 0 spiro atoms. The summed E-state index contributed by atoms with van der Waals surface area (Å²) in [5.74, 6) is 1.65. The van der Waals surface area contributed by atoms with Gasteiger partial charge in [-0.3, -0.25) is 4.98 Å². The topological polar surface area (TPSA) is 12.9 Å². The summed E-state index contributed by atoms with van der Waals surface area (Å²) < 4.78 is 0. The molecule has 0 amide bonds. The van der Waals surface area contributed by atoms with E-state index >= 15 is 0 Å². The Morgan fingerprint density at radius 2 is 1.41 bits per heavy atom. The Balaban J connectivity index is 1.43. The molecule has 1 aromatic carbocycles. The third-order valence-electron chi connectivity index (χ3n) is 6.84. The van der Waals surface area contributed by atoms with E-state index in [-0.39, 0.29) is 0 Å². The van der Waals surface area contributed by atoms with Gasteiger partial charge in [0.1, 0.15) is 0 Å². The van der Waals surface area contributed by atoms with Crippen molar-refractivity contribution in [2.75, 3.05) is 0 Å². The lowest BCUT2D eigenvalue weighted by Crippen LogP contribution is -2.14. The van der Waals surface area contributed by atoms with E-state index in [1.54, 1.807) is 0 Å². The van der Waals surface area contributed by atoms with Gasteiger partial charge in [0, 0.05) is 23.4 Å². The normalized spacial score (nSPS) is 19.4. The molecule has 0 unspecified atom stereocenters. The largest absolute Gasteiger partial charge is 0.260 e. The summed E-state index contributed by atoms with van der Waals surface area (Å²) in [5, 5.41) is 0. The number of aryl methyl sites for hydroxylation is 1. The molecule has 0 saturated heterocycles. The first-order valence-electron chi connectivity index (χ1n) is 12.4. The minimum atomic E-state index is 0.678. The van der Waals surface area contributed by atoms with Gasteiger partial charge in [0.05, 0.1) is 0 Å². The van der Waals surface area contributed by atoms with Crippen LogP contribution in [-0.4, -0.2) is 4.98 Å². The van der Waals surface area contributed by atoms with Crippen LogP contribution in [0.25, 0.3) is 11.1 Å². The van der Waals surface area contributed by atoms with E-state index in [1.165, 1.54) is 106 Å². The van der Waals surface area contributed by atoms with Crippen molar-refractivity contribution in [3.05, 3.63) is 53.9 Å². The van der Waals surface area contributed by atoms with Crippen molar-refractivity contribution >= 4 is 0 Å². The number of benzene rings is 1. The van der Waals surface area contributed by atoms with Crippen LogP contribution in [0, 0.1) is 5.92 Å². The van der Waals surface area contributed by atoms with Gasteiger partial charge in [0.25, 0.3) is 0 Å². The second kappa shape index (κ2) is 12.2. The summed E-state index contributed by atoms with van der Waals surface area (Å²) in [5.41, 5.74) is 5.27. The Morgan fingerprint density at radius 1 is 0.724 bits per heavy atom. The molecule has 1 aromatic heterocycles. The maximum atomic E-state index is 4.87. The van der Waals surface area contributed by atoms with Gasteiger partial charge in [-0.25, -0.2) is 0 Å². The van der Waals surface area contributed by atoms with E-state index in [1.807, 2.05) is 0 Å². The molecule has 1 aliphatic rings. The van der Waals surface area contributed by atoms with E-state index < -0.39 is 0 Å². The predicted molar refractivity (Wildman–Crippen MR) is 126 cm³/mol. The molecule has 1 heteroatoms. The highest BCUT2D eigenvalue weighted by Gasteiger charge is 2.22. The molecule has 1 nitrogen and oxygen atoms in total. The third-order valence-corrected chi connectivity index (χ3v) is 6.84. The van der Waals surface area contributed by atoms with Crippen LogP contribution in [0.5, 0.6) is 0 Å². The van der Waals surface area contributed by atoms with Crippen LogP contribution in [0.2, 0.25) is 0 Å². The minimum absolute atomic E-state index is 0.678. The van der Waals surface area contributed by atoms with Gasteiger partial charge < -0.3 is 0 Å². The van der Waals surface area contributed by atoms with Gasteiger partial charge in [0.2, 0.25) is 0 Å². The molecule has 0 aliphatic heterocycles. The van der Waals surface area contributed by atoms with Crippen LogP contribution < -0.4 is 0 Å². The van der Waals surface area contributed by atoms with Crippen LogP contribution in [-0.2, 0) is 6.42 Å². The molecule has 0 atom stereocenters. The van der Waals surface area contributed by atoms with Crippen molar-refractivity contribution in [1.82, 2.24) is 4.98 Å². The highest BCUT2D eigenvalue weighted by molar-refractivity contribution is 5.62. The summed E-state index contributed by atoms with van der Waals surface area (Å²) in [4.78, 5) is 4.87. The molecule has 29 heavy (non-hydrogen) atoms. The maximum Gasteiger partial charge on any atom is 0.0434 e. The van der Waals surface area contributed by atoms with Gasteiger partial charge in [0.15, 0.2) is 0 Å². The zero-order valence-electron chi connectivity index (χ0n) is 18.8. The molecule has 1 aliphatic carbocycles. The van der Waals surface area contributed by atoms with Gasteiger partial charge >= 0.3 is 0 Å². The lowest BCUT2D eigenvalue weighted by atomic mass is 9.78. The molecule has 1 heterocycles. The Labute approximate surface area is 179 Å². The van der Waals surface area contributed by atoms with Crippen molar-refractivity contribution in [3.63, 3.8) is 0 Å². The molecule has 158 valence electrons. The molecule has 0 radical (unpaired) electrons. The first-order valence-corrected chi connectivity index (χ1v) is 12.4. The van der Waals surface area contributed by atoms with Gasteiger partial charge in [-0.2, -0.15) is 0 Å². The highest BCUT2D eigenvalue weighted by Crippen LogP contribution is 2.37. The number of aromatic nitrogens is 1. The fourth-order valence-corrected chi connectivity index (χ4v) is 4.93. The summed E-state index contributed by atoms with van der Waals surface area (Å²) >= 11 is 0. The Bertz CT molecular complexity index is 677. The monoisotopic (exact) mass is 391 g/mol. The molecule has 1 fully saturated rings. The van der Waals surface area contributed by atoms with Gasteiger partial charge in [-0.15, -0.1) is 0 Å². The molecule has 1 saturated carbocycles. The molecule has 0 N–H and O–H groups in total. The first-order chi connectivity index (χ1) is 14.3. The Morgan fingerprint density at radius 3 is 2.07 bits per heavy atom. The fourth-order valence-electron chi connectivity index (χ4n) is 4.93. The van der Waals surface area contributed by atoms with Crippen LogP contribution in [0.4, 0.5) is 0 Å². The average Bonchev–Trinajstić information content (AvgIpc) is 2.78. The second-order valence-electron chi connectivity index (χ2n) is 9.19. The summed E-state index contributed by atoms with van der Waals surface area (Å²) in [6.45, 7) is 4.53. The SMILES string of the molecule is CCCCCCCCC1CCC(c2ccc(-c3ccc(CCC)cc3)cn2)CC1. The highest BCUT2D eigenvalue weighted by atomic mass is 14.7. The van der Waals surface area contributed by atoms with E-state index in [2.05, 4.69) is 56.4 Å². The van der Waals surface area contributed by atoms with E-state index in [0.29, 0.717) is 5.92 Å². The van der Waals surface area contributed by atoms with E-state index in [0.717, 1.165) is 5.92 Å². The molecule has 0 bridgehead atoms. The fraction of sp³-hybridized carbons (Fsp3) is 0.607. The number of hydrogen-bond acceptors (Lipinski definition) is 1. The van der Waals surface area contributed by atoms with Crippen LogP contribution in [0.1, 0.15) is 108 Å². The van der Waals surface area contributed by atoms with Crippen molar-refractivity contribution in [3.8, 4) is 11.1 Å². The van der Waals surface area contributed by atoms with Crippen molar-refractivity contribution in [1.29, 1.82) is 0 Å². The zero-order valence-corrected chi connectivity index (χ0v) is 18.8. The number of hydrogen-bond donors (Lipinski definition) is 0. The summed E-state index contributed by atoms with van der Waals surface area (Å²) in [6.07, 6.45) is 19.9. The third kappa shape index (κ3) is 6.98. The molecular formula is C28H41N. The average molecular weight is 392 g/mol. The van der Waals surface area contributed by atoms with E-state index in [9.17, 15) is 0 Å². The van der Waals surface area contributed by atoms with Crippen LogP contribution >= 0.6 is 0 Å². The number of unbranched alkanes of at least 4 members (excludes halogenated alkanes) is 5. The quantitative estimate of drug-likeness (QED) is 0.349. The predicted octanol–water partition coefficient (Wildman–Crippen LogP) is 8.73. The molecular weight excluding hydrogens is 350 g/mol. The number of rotatable bonds is 11. The smallest absolute Gasteiger partial charge is 0.0434 e. The first kappa shape index (κ1) is 22.1. The van der Waals surface area contributed by atoms with Gasteiger partial charge in [-0.05, 0) is 55.2 Å². The van der Waals surface area contributed by atoms with E-state index in [4.69, 9.17) is 4.98 Å². The van der Waals surface area contributed by atoms with Crippen molar-refractivity contribution in [2.24, 2.45) is 5.92 Å². The molecule has 3 rings (SSSR count). The second-order valence-corrected chi connectivity index (χ2v) is 9.19. The Kier molecular flexibility index (Phi) is 9.25. The maximum absolute atomic E-state index is 4.87. The summed E-state index contributed by atoms with van der Waals surface area (Å²) in [6, 6.07) is 13.6.